The fourth-order valence-corrected chi connectivity index (χ4v) is 2.76. The number of carbonyl (C=O) groups is 1. The zero-order valence-corrected chi connectivity index (χ0v) is 13.4. The first-order chi connectivity index (χ1) is 11.7. The first kappa shape index (κ1) is 19.6. The molecule has 1 saturated heterocycles. The van der Waals surface area contributed by atoms with E-state index in [2.05, 4.69) is 0 Å². The summed E-state index contributed by atoms with van der Waals surface area (Å²) in [6.45, 7) is -0.575. The van der Waals surface area contributed by atoms with Crippen LogP contribution in [0.4, 0.5) is 0 Å². The summed E-state index contributed by atoms with van der Waals surface area (Å²) in [5.74, 6) is -1.08. The maximum Gasteiger partial charge on any atom is 0.157 e. The monoisotopic (exact) mass is 357 g/mol. The average molecular weight is 357 g/mol. The molecule has 25 heavy (non-hydrogen) atoms. The van der Waals surface area contributed by atoms with Gasteiger partial charge in [0.1, 0.15) is 24.4 Å². The Bertz CT molecular complexity index is 608. The van der Waals surface area contributed by atoms with Crippen LogP contribution < -0.4 is 5.73 Å². The molecule has 0 unspecified atom stereocenters. The molecule has 6 atom stereocenters. The first-order valence-corrected chi connectivity index (χ1v) is 7.84. The molecule has 0 aliphatic carbocycles. The molecule has 9 nitrogen and oxygen atoms in total. The predicted octanol–water partition coefficient (Wildman–Crippen LogP) is -2.23. The van der Waals surface area contributed by atoms with Gasteiger partial charge in [-0.2, -0.15) is 0 Å². The molecular weight excluding hydrogens is 334 g/mol. The van der Waals surface area contributed by atoms with Crippen molar-refractivity contribution in [1.29, 1.82) is 0 Å². The van der Waals surface area contributed by atoms with Crippen molar-refractivity contribution in [2.75, 3.05) is 6.61 Å². The topological polar surface area (TPSA) is 174 Å². The second-order valence-electron chi connectivity index (χ2n) is 6.17. The Kier molecular flexibility index (Phi) is 6.33. The number of aromatic hydroxyl groups is 2. The van der Waals surface area contributed by atoms with Gasteiger partial charge in [0.05, 0.1) is 18.8 Å². The molecule has 0 amide bonds. The lowest BCUT2D eigenvalue weighted by atomic mass is 9.90. The Hall–Kier alpha value is -1.75. The zero-order chi connectivity index (χ0) is 18.7. The SMILES string of the molecule is N[C@@H](Cc1ccc(O)c(O)c1)C(=O)C[C@@H]1O[C@H](CO)[C@@H](O)[C@H](O)[C@H]1O. The summed E-state index contributed by atoms with van der Waals surface area (Å²) < 4.78 is 5.28. The fraction of sp³-hybridized carbons (Fsp3) is 0.562. The lowest BCUT2D eigenvalue weighted by Crippen LogP contribution is -2.59. The van der Waals surface area contributed by atoms with Crippen molar-refractivity contribution in [1.82, 2.24) is 0 Å². The van der Waals surface area contributed by atoms with Crippen LogP contribution in [0.2, 0.25) is 0 Å². The number of hydrogen-bond acceptors (Lipinski definition) is 9. The number of carbonyl (C=O) groups excluding carboxylic acids is 1. The summed E-state index contributed by atoms with van der Waals surface area (Å²) in [5.41, 5.74) is 6.37. The number of rotatable bonds is 6. The molecule has 140 valence electrons. The van der Waals surface area contributed by atoms with Gasteiger partial charge in [0.15, 0.2) is 17.3 Å². The van der Waals surface area contributed by atoms with E-state index in [9.17, 15) is 30.3 Å². The quantitative estimate of drug-likeness (QED) is 0.278. The largest absolute Gasteiger partial charge is 0.504 e. The van der Waals surface area contributed by atoms with Crippen LogP contribution in [0.15, 0.2) is 18.2 Å². The number of aliphatic hydroxyl groups excluding tert-OH is 4. The third-order valence-corrected chi connectivity index (χ3v) is 4.30. The van der Waals surface area contributed by atoms with Gasteiger partial charge in [-0.25, -0.2) is 0 Å². The van der Waals surface area contributed by atoms with E-state index in [1.54, 1.807) is 0 Å². The molecule has 0 radical (unpaired) electrons. The molecule has 1 aliphatic heterocycles. The van der Waals surface area contributed by atoms with Gasteiger partial charge in [0.25, 0.3) is 0 Å². The minimum Gasteiger partial charge on any atom is -0.504 e. The van der Waals surface area contributed by atoms with E-state index < -0.39 is 49.0 Å². The van der Waals surface area contributed by atoms with Crippen molar-refractivity contribution >= 4 is 5.78 Å². The van der Waals surface area contributed by atoms with Gasteiger partial charge < -0.3 is 41.1 Å². The van der Waals surface area contributed by atoms with Crippen LogP contribution in [0.1, 0.15) is 12.0 Å². The standard InChI is InChI=1S/C16H23NO8/c17-8(3-7-1-2-9(19)11(21)4-7)10(20)5-12-14(22)16(24)15(23)13(6-18)25-12/h1-2,4,8,12-16,18-19,21-24H,3,5-6,17H2/t8-,12-,13+,14-,15+,16+/m0/s1. The van der Waals surface area contributed by atoms with Crippen LogP contribution in [-0.2, 0) is 16.0 Å². The predicted molar refractivity (Wildman–Crippen MR) is 84.8 cm³/mol. The number of benzene rings is 1. The number of Topliss-reactive ketones (excluding diaryl/α,β-unsaturated/α-hetero) is 1. The number of nitrogens with two attached hydrogens (primary N) is 1. The minimum atomic E-state index is -1.55. The Labute approximate surface area is 143 Å². The van der Waals surface area contributed by atoms with E-state index in [1.165, 1.54) is 18.2 Å². The molecule has 1 heterocycles. The number of phenols is 2. The Morgan fingerprint density at radius 3 is 2.32 bits per heavy atom. The van der Waals surface area contributed by atoms with Crippen molar-refractivity contribution in [2.45, 2.75) is 49.4 Å². The van der Waals surface area contributed by atoms with Gasteiger partial charge in [0, 0.05) is 6.42 Å². The highest BCUT2D eigenvalue weighted by atomic mass is 16.5. The minimum absolute atomic E-state index is 0.0874. The molecule has 9 heteroatoms. The van der Waals surface area contributed by atoms with Gasteiger partial charge >= 0.3 is 0 Å². The number of ketones is 1. The molecule has 0 bridgehead atoms. The summed E-state index contributed by atoms with van der Waals surface area (Å²) in [7, 11) is 0. The number of phenolic OH excluding ortho intramolecular Hbond substituents is 2. The second-order valence-corrected chi connectivity index (χ2v) is 6.17. The van der Waals surface area contributed by atoms with Crippen LogP contribution in [0, 0.1) is 0 Å². The van der Waals surface area contributed by atoms with E-state index in [1.807, 2.05) is 0 Å². The summed E-state index contributed by atoms with van der Waals surface area (Å²) in [4.78, 5) is 12.3. The third kappa shape index (κ3) is 4.46. The summed E-state index contributed by atoms with van der Waals surface area (Å²) in [5, 5.41) is 57.2. The molecule has 2 rings (SSSR count). The zero-order valence-electron chi connectivity index (χ0n) is 13.4. The van der Waals surface area contributed by atoms with E-state index in [0.717, 1.165) is 0 Å². The van der Waals surface area contributed by atoms with Crippen LogP contribution >= 0.6 is 0 Å². The van der Waals surface area contributed by atoms with Gasteiger partial charge in [0.2, 0.25) is 0 Å². The fourth-order valence-electron chi connectivity index (χ4n) is 2.76. The molecule has 8 N–H and O–H groups in total. The van der Waals surface area contributed by atoms with Crippen LogP contribution in [0.25, 0.3) is 0 Å². The second kappa shape index (κ2) is 8.09. The van der Waals surface area contributed by atoms with Crippen LogP contribution in [0.3, 0.4) is 0 Å². The van der Waals surface area contributed by atoms with Crippen LogP contribution in [-0.4, -0.2) is 79.6 Å². The van der Waals surface area contributed by atoms with E-state index in [4.69, 9.17) is 15.6 Å². The Morgan fingerprint density at radius 1 is 1.08 bits per heavy atom. The summed E-state index contributed by atoms with van der Waals surface area (Å²) >= 11 is 0. The highest BCUT2D eigenvalue weighted by molar-refractivity contribution is 5.84. The summed E-state index contributed by atoms with van der Waals surface area (Å²) in [6.07, 6.45) is -6.94. The van der Waals surface area contributed by atoms with Crippen molar-refractivity contribution in [3.05, 3.63) is 23.8 Å². The molecule has 0 spiro atoms. The summed E-state index contributed by atoms with van der Waals surface area (Å²) in [6, 6.07) is 3.11. The Morgan fingerprint density at radius 2 is 1.72 bits per heavy atom. The lowest BCUT2D eigenvalue weighted by molar-refractivity contribution is -0.229. The maximum absolute atomic E-state index is 12.3. The molecule has 1 aromatic rings. The smallest absolute Gasteiger partial charge is 0.157 e. The highest BCUT2D eigenvalue weighted by Gasteiger charge is 2.44. The van der Waals surface area contributed by atoms with E-state index in [-0.39, 0.29) is 24.3 Å². The number of aliphatic hydroxyl groups is 4. The molecule has 1 aliphatic rings. The third-order valence-electron chi connectivity index (χ3n) is 4.30. The van der Waals surface area contributed by atoms with Crippen molar-refractivity contribution in [3.8, 4) is 11.5 Å². The maximum atomic E-state index is 12.3. The van der Waals surface area contributed by atoms with E-state index in [0.29, 0.717) is 5.56 Å². The lowest BCUT2D eigenvalue weighted by Gasteiger charge is -2.40. The molecule has 1 fully saturated rings. The molecular formula is C16H23NO8. The molecule has 0 saturated carbocycles. The van der Waals surface area contributed by atoms with Gasteiger partial charge in [-0.1, -0.05) is 6.07 Å². The molecule has 0 aromatic heterocycles. The van der Waals surface area contributed by atoms with Crippen molar-refractivity contribution in [3.63, 3.8) is 0 Å². The van der Waals surface area contributed by atoms with Crippen molar-refractivity contribution < 1.29 is 40.2 Å². The van der Waals surface area contributed by atoms with Gasteiger partial charge in [-0.3, -0.25) is 4.79 Å². The van der Waals surface area contributed by atoms with Crippen LogP contribution in [0.5, 0.6) is 11.5 Å². The normalized spacial score (nSPS) is 30.8. The van der Waals surface area contributed by atoms with E-state index >= 15 is 0 Å². The number of ether oxygens (including phenoxy) is 1. The molecule has 1 aromatic carbocycles. The first-order valence-electron chi connectivity index (χ1n) is 7.84. The highest BCUT2D eigenvalue weighted by Crippen LogP contribution is 2.26. The Balaban J connectivity index is 1.98. The van der Waals surface area contributed by atoms with Gasteiger partial charge in [-0.05, 0) is 24.1 Å². The van der Waals surface area contributed by atoms with Gasteiger partial charge in [-0.15, -0.1) is 0 Å². The van der Waals surface area contributed by atoms with Crippen molar-refractivity contribution in [2.24, 2.45) is 5.73 Å². The number of hydrogen-bond donors (Lipinski definition) is 7. The average Bonchev–Trinajstić information content (AvgIpc) is 2.58.